The number of aliphatic hydroxyl groups is 1. The second kappa shape index (κ2) is 16.8. The number of hydrogen-bond donors (Lipinski definition) is 1. The molecule has 2 aliphatic rings. The zero-order chi connectivity index (χ0) is 17.3. The fraction of sp³-hybridized carbons (Fsp3) is 1.00. The lowest BCUT2D eigenvalue weighted by Crippen LogP contribution is -2.31. The van der Waals surface area contributed by atoms with Gasteiger partial charge in [-0.15, -0.1) is 0 Å². The van der Waals surface area contributed by atoms with E-state index in [2.05, 4.69) is 15.9 Å². The van der Waals surface area contributed by atoms with Gasteiger partial charge in [-0.05, 0) is 51.4 Å². The van der Waals surface area contributed by atoms with Crippen LogP contribution in [-0.2, 0) is 14.2 Å². The Hall–Kier alpha value is 0.320. The summed E-state index contributed by atoms with van der Waals surface area (Å²) < 4.78 is 16.6. The van der Waals surface area contributed by atoms with Gasteiger partial charge >= 0.3 is 0 Å². The molecule has 0 bridgehead atoms. The van der Waals surface area contributed by atoms with Crippen LogP contribution in [0.2, 0.25) is 0 Å². The third-order valence-electron chi connectivity index (χ3n) is 4.37. The van der Waals surface area contributed by atoms with Crippen LogP contribution in [0.5, 0.6) is 0 Å². The Kier molecular flexibility index (Phi) is 15.6. The van der Waals surface area contributed by atoms with Crippen molar-refractivity contribution in [3.05, 3.63) is 0 Å². The quantitative estimate of drug-likeness (QED) is 0.400. The van der Waals surface area contributed by atoms with Crippen molar-refractivity contribution in [3.63, 3.8) is 0 Å². The molecule has 4 nitrogen and oxygen atoms in total. The highest BCUT2D eigenvalue weighted by Gasteiger charge is 2.21. The molecule has 2 heterocycles. The van der Waals surface area contributed by atoms with E-state index in [4.69, 9.17) is 19.3 Å². The standard InChI is InChI=1S/C10H18O3.C9H19BrO/c1-3-7-11-9(5-1)13-10-6-2-4-8-12-10;10-8-6-4-2-1-3-5-7-9-11/h9-10H,1-8H2;11H,1-9H2. The van der Waals surface area contributed by atoms with E-state index >= 15 is 0 Å². The van der Waals surface area contributed by atoms with Crippen molar-refractivity contribution >= 4 is 15.9 Å². The SMILES string of the molecule is C1CCC(OC2CCCCO2)OC1.OCCCCCCCCCBr. The lowest BCUT2D eigenvalue weighted by atomic mass is 10.1. The van der Waals surface area contributed by atoms with Gasteiger partial charge in [0.1, 0.15) is 0 Å². The minimum absolute atomic E-state index is 0.00292. The monoisotopic (exact) mass is 408 g/mol. The summed E-state index contributed by atoms with van der Waals surface area (Å²) in [5, 5.41) is 9.64. The van der Waals surface area contributed by atoms with Gasteiger partial charge in [0.25, 0.3) is 0 Å². The Morgan fingerprint density at radius 1 is 0.750 bits per heavy atom. The van der Waals surface area contributed by atoms with Gasteiger partial charge in [-0.25, -0.2) is 0 Å². The van der Waals surface area contributed by atoms with Gasteiger partial charge in [0, 0.05) is 25.2 Å². The van der Waals surface area contributed by atoms with E-state index < -0.39 is 0 Å². The first-order valence-electron chi connectivity index (χ1n) is 9.92. The first-order chi connectivity index (χ1) is 11.9. The molecular formula is C19H37BrO4. The molecule has 2 aliphatic heterocycles. The summed E-state index contributed by atoms with van der Waals surface area (Å²) in [7, 11) is 0. The summed E-state index contributed by atoms with van der Waals surface area (Å²) in [6, 6.07) is 0. The van der Waals surface area contributed by atoms with Gasteiger partial charge in [0.2, 0.25) is 0 Å². The van der Waals surface area contributed by atoms with Crippen LogP contribution in [0, 0.1) is 0 Å². The Labute approximate surface area is 156 Å². The molecule has 2 atom stereocenters. The smallest absolute Gasteiger partial charge is 0.160 e. The summed E-state index contributed by atoms with van der Waals surface area (Å²) in [5.41, 5.74) is 0. The highest BCUT2D eigenvalue weighted by atomic mass is 79.9. The highest BCUT2D eigenvalue weighted by molar-refractivity contribution is 9.09. The van der Waals surface area contributed by atoms with Gasteiger partial charge in [-0.3, -0.25) is 0 Å². The van der Waals surface area contributed by atoms with Crippen molar-refractivity contribution < 1.29 is 19.3 Å². The first kappa shape index (κ1) is 22.4. The van der Waals surface area contributed by atoms with Crippen LogP contribution in [0.4, 0.5) is 0 Å². The van der Waals surface area contributed by atoms with E-state index in [0.29, 0.717) is 6.61 Å². The molecule has 0 amide bonds. The molecule has 1 N–H and O–H groups in total. The van der Waals surface area contributed by atoms with Crippen LogP contribution in [0.25, 0.3) is 0 Å². The summed E-state index contributed by atoms with van der Waals surface area (Å²) in [6.07, 6.45) is 15.7. The van der Waals surface area contributed by atoms with Gasteiger partial charge in [0.15, 0.2) is 12.6 Å². The maximum Gasteiger partial charge on any atom is 0.160 e. The van der Waals surface area contributed by atoms with Crippen LogP contribution < -0.4 is 0 Å². The number of hydrogen-bond acceptors (Lipinski definition) is 4. The van der Waals surface area contributed by atoms with Crippen molar-refractivity contribution in [3.8, 4) is 0 Å². The number of aliphatic hydroxyl groups excluding tert-OH is 1. The minimum Gasteiger partial charge on any atom is -0.396 e. The molecule has 0 aromatic carbocycles. The maximum atomic E-state index is 8.50. The molecule has 0 aliphatic carbocycles. The minimum atomic E-state index is -0.00292. The van der Waals surface area contributed by atoms with Gasteiger partial charge in [-0.1, -0.05) is 48.0 Å². The van der Waals surface area contributed by atoms with Gasteiger partial charge in [0.05, 0.1) is 0 Å². The van der Waals surface area contributed by atoms with Crippen molar-refractivity contribution in [2.24, 2.45) is 0 Å². The Morgan fingerprint density at radius 3 is 1.67 bits per heavy atom. The van der Waals surface area contributed by atoms with E-state index in [1.807, 2.05) is 0 Å². The average molecular weight is 409 g/mol. The Bertz CT molecular complexity index is 230. The van der Waals surface area contributed by atoms with E-state index in [-0.39, 0.29) is 12.6 Å². The molecule has 0 spiro atoms. The fourth-order valence-electron chi connectivity index (χ4n) is 2.90. The second-order valence-electron chi connectivity index (χ2n) is 6.62. The number of halogens is 1. The average Bonchev–Trinajstić information content (AvgIpc) is 2.63. The first-order valence-corrected chi connectivity index (χ1v) is 11.0. The van der Waals surface area contributed by atoms with Crippen LogP contribution in [0.3, 0.4) is 0 Å². The maximum absolute atomic E-state index is 8.50. The van der Waals surface area contributed by atoms with Crippen molar-refractivity contribution in [2.75, 3.05) is 25.2 Å². The van der Waals surface area contributed by atoms with E-state index in [0.717, 1.165) is 37.8 Å². The molecule has 2 unspecified atom stereocenters. The number of unbranched alkanes of at least 4 members (excludes halogenated alkanes) is 6. The third-order valence-corrected chi connectivity index (χ3v) is 4.93. The zero-order valence-corrected chi connectivity index (χ0v) is 16.8. The molecule has 24 heavy (non-hydrogen) atoms. The van der Waals surface area contributed by atoms with E-state index in [9.17, 15) is 0 Å². The summed E-state index contributed by atoms with van der Waals surface area (Å²) in [6.45, 7) is 2.05. The molecule has 0 aromatic rings. The molecule has 144 valence electrons. The largest absolute Gasteiger partial charge is 0.396 e. The molecule has 5 heteroatoms. The Balaban J connectivity index is 0.000000245. The fourth-order valence-corrected chi connectivity index (χ4v) is 3.29. The van der Waals surface area contributed by atoms with Crippen LogP contribution >= 0.6 is 15.9 Å². The van der Waals surface area contributed by atoms with Gasteiger partial charge in [-0.2, -0.15) is 0 Å². The second-order valence-corrected chi connectivity index (χ2v) is 7.41. The topological polar surface area (TPSA) is 47.9 Å². The Morgan fingerprint density at radius 2 is 1.25 bits per heavy atom. The molecule has 2 rings (SSSR count). The van der Waals surface area contributed by atoms with Crippen LogP contribution in [-0.4, -0.2) is 42.8 Å². The van der Waals surface area contributed by atoms with E-state index in [1.165, 1.54) is 64.2 Å². The van der Waals surface area contributed by atoms with E-state index in [1.54, 1.807) is 0 Å². The predicted molar refractivity (Wildman–Crippen MR) is 101 cm³/mol. The lowest BCUT2D eigenvalue weighted by Gasteiger charge is -2.29. The van der Waals surface area contributed by atoms with Crippen molar-refractivity contribution in [1.29, 1.82) is 0 Å². The zero-order valence-electron chi connectivity index (χ0n) is 15.2. The van der Waals surface area contributed by atoms with Crippen LogP contribution in [0.1, 0.15) is 83.5 Å². The normalized spacial score (nSPS) is 24.2. The van der Waals surface area contributed by atoms with Crippen LogP contribution in [0.15, 0.2) is 0 Å². The molecule has 0 radical (unpaired) electrons. The summed E-state index contributed by atoms with van der Waals surface area (Å²) in [5.74, 6) is 0. The predicted octanol–water partition coefficient (Wildman–Crippen LogP) is 5.16. The number of rotatable bonds is 10. The molecule has 0 saturated carbocycles. The van der Waals surface area contributed by atoms with Gasteiger partial charge < -0.3 is 19.3 Å². The highest BCUT2D eigenvalue weighted by Crippen LogP contribution is 2.20. The molecule has 0 aromatic heterocycles. The van der Waals surface area contributed by atoms with Crippen molar-refractivity contribution in [2.45, 2.75) is 96.1 Å². The lowest BCUT2D eigenvalue weighted by molar-refractivity contribution is -0.264. The molecule has 2 fully saturated rings. The third kappa shape index (κ3) is 12.6. The summed E-state index contributed by atoms with van der Waals surface area (Å²) in [4.78, 5) is 0. The number of alkyl halides is 1. The number of ether oxygens (including phenoxy) is 3. The molecular weight excluding hydrogens is 372 g/mol. The van der Waals surface area contributed by atoms with Crippen molar-refractivity contribution in [1.82, 2.24) is 0 Å². The summed E-state index contributed by atoms with van der Waals surface area (Å²) >= 11 is 3.41. The molecule has 2 saturated heterocycles.